The van der Waals surface area contributed by atoms with E-state index < -0.39 is 11.9 Å². The molecule has 0 amide bonds. The minimum atomic E-state index is -0.984. The highest BCUT2D eigenvalue weighted by atomic mass is 16.7. The zero-order chi connectivity index (χ0) is 10.4. The fourth-order valence-electron chi connectivity index (χ4n) is 1.59. The zero-order valence-corrected chi connectivity index (χ0v) is 8.74. The Morgan fingerprint density at radius 3 is 3.00 bits per heavy atom. The van der Waals surface area contributed by atoms with E-state index in [4.69, 9.17) is 14.6 Å². The largest absolute Gasteiger partial charge is 0.396 e. The quantitative estimate of drug-likeness (QED) is 0.624. The van der Waals surface area contributed by atoms with E-state index in [1.165, 1.54) is 0 Å². The third-order valence-electron chi connectivity index (χ3n) is 2.55. The van der Waals surface area contributed by atoms with Gasteiger partial charge in [0.1, 0.15) is 5.60 Å². The molecule has 0 aromatic carbocycles. The van der Waals surface area contributed by atoms with E-state index in [1.54, 1.807) is 0 Å². The molecule has 0 aromatic heterocycles. The van der Waals surface area contributed by atoms with Crippen LogP contribution in [-0.4, -0.2) is 41.9 Å². The van der Waals surface area contributed by atoms with Crippen LogP contribution in [-0.2, 0) is 9.47 Å². The lowest BCUT2D eigenvalue weighted by Crippen LogP contribution is -2.41. The van der Waals surface area contributed by atoms with Crippen LogP contribution < -0.4 is 0 Å². The Hall–Kier alpha value is -0.160. The molecule has 84 valence electrons. The Morgan fingerprint density at radius 2 is 2.36 bits per heavy atom. The average molecular weight is 204 g/mol. The molecular formula is C10H20O4. The molecule has 1 aliphatic heterocycles. The summed E-state index contributed by atoms with van der Waals surface area (Å²) in [7, 11) is 0. The number of hydrogen-bond donors (Lipinski definition) is 2. The summed E-state index contributed by atoms with van der Waals surface area (Å²) in [5.74, 6) is 0. The van der Waals surface area contributed by atoms with Crippen molar-refractivity contribution in [2.75, 3.05) is 19.8 Å². The van der Waals surface area contributed by atoms with Crippen molar-refractivity contribution in [3.05, 3.63) is 0 Å². The fraction of sp³-hybridized carbons (Fsp3) is 1.00. The van der Waals surface area contributed by atoms with Crippen molar-refractivity contribution < 1.29 is 19.7 Å². The second-order valence-electron chi connectivity index (χ2n) is 3.75. The Morgan fingerprint density at radius 1 is 1.57 bits per heavy atom. The average Bonchev–Trinajstić information content (AvgIpc) is 2.49. The second-order valence-corrected chi connectivity index (χ2v) is 3.75. The highest BCUT2D eigenvalue weighted by Gasteiger charge is 2.42. The van der Waals surface area contributed by atoms with Crippen LogP contribution in [0.2, 0.25) is 0 Å². The van der Waals surface area contributed by atoms with Crippen LogP contribution in [0.25, 0.3) is 0 Å². The predicted molar refractivity (Wildman–Crippen MR) is 51.9 cm³/mol. The van der Waals surface area contributed by atoms with Crippen molar-refractivity contribution in [1.29, 1.82) is 0 Å². The highest BCUT2D eigenvalue weighted by molar-refractivity contribution is 4.86. The van der Waals surface area contributed by atoms with E-state index in [-0.39, 0.29) is 6.61 Å². The molecule has 0 spiro atoms. The van der Waals surface area contributed by atoms with Crippen molar-refractivity contribution in [3.8, 4) is 0 Å². The summed E-state index contributed by atoms with van der Waals surface area (Å²) in [5.41, 5.74) is -0.984. The molecule has 0 bridgehead atoms. The molecule has 4 heteroatoms. The molecule has 4 nitrogen and oxygen atoms in total. The molecule has 1 heterocycles. The molecule has 2 N–H and O–H groups in total. The Balaban J connectivity index is 2.34. The predicted octanol–water partition coefficient (Wildman–Crippen LogP) is 0.663. The van der Waals surface area contributed by atoms with Crippen LogP contribution in [0.15, 0.2) is 0 Å². The van der Waals surface area contributed by atoms with Gasteiger partial charge in [0.25, 0.3) is 0 Å². The maximum Gasteiger partial charge on any atom is 0.186 e. The van der Waals surface area contributed by atoms with E-state index in [9.17, 15) is 5.11 Å². The fourth-order valence-corrected chi connectivity index (χ4v) is 1.59. The van der Waals surface area contributed by atoms with E-state index in [2.05, 4.69) is 6.92 Å². The summed E-state index contributed by atoms with van der Waals surface area (Å²) in [4.78, 5) is 0. The number of rotatable bonds is 6. The van der Waals surface area contributed by atoms with Crippen molar-refractivity contribution in [3.63, 3.8) is 0 Å². The topological polar surface area (TPSA) is 58.9 Å². The Labute approximate surface area is 84.8 Å². The first kappa shape index (κ1) is 11.9. The van der Waals surface area contributed by atoms with Crippen molar-refractivity contribution >= 4 is 0 Å². The minimum Gasteiger partial charge on any atom is -0.396 e. The highest BCUT2D eigenvalue weighted by Crippen LogP contribution is 2.29. The van der Waals surface area contributed by atoms with Gasteiger partial charge in [-0.05, 0) is 6.42 Å². The number of aliphatic hydroxyl groups excluding tert-OH is 1. The molecule has 1 saturated heterocycles. The molecule has 0 unspecified atom stereocenters. The summed E-state index contributed by atoms with van der Waals surface area (Å²) >= 11 is 0. The van der Waals surface area contributed by atoms with Crippen molar-refractivity contribution in [2.45, 2.75) is 44.5 Å². The van der Waals surface area contributed by atoms with Gasteiger partial charge in [-0.15, -0.1) is 0 Å². The lowest BCUT2D eigenvalue weighted by molar-refractivity contribution is -0.195. The molecule has 2 atom stereocenters. The van der Waals surface area contributed by atoms with Gasteiger partial charge < -0.3 is 19.7 Å². The zero-order valence-electron chi connectivity index (χ0n) is 8.74. The van der Waals surface area contributed by atoms with Gasteiger partial charge in [0, 0.05) is 26.1 Å². The van der Waals surface area contributed by atoms with Gasteiger partial charge in [-0.3, -0.25) is 0 Å². The lowest BCUT2D eigenvalue weighted by atomic mass is 9.98. The number of aliphatic hydroxyl groups is 2. The summed E-state index contributed by atoms with van der Waals surface area (Å²) < 4.78 is 10.7. The normalized spacial score (nSPS) is 32.4. The molecular weight excluding hydrogens is 184 g/mol. The van der Waals surface area contributed by atoms with Gasteiger partial charge in [0.05, 0.1) is 6.61 Å². The van der Waals surface area contributed by atoms with Gasteiger partial charge in [0.15, 0.2) is 6.29 Å². The summed E-state index contributed by atoms with van der Waals surface area (Å²) in [6.07, 6.45) is 2.34. The first-order valence-electron chi connectivity index (χ1n) is 5.29. The number of unbranched alkanes of at least 4 members (excludes halogenated alkanes) is 1. The number of hydrogen-bond acceptors (Lipinski definition) is 4. The molecule has 0 aliphatic carbocycles. The molecule has 1 rings (SSSR count). The summed E-state index contributed by atoms with van der Waals surface area (Å²) in [6.45, 7) is 3.16. The molecule has 1 fully saturated rings. The monoisotopic (exact) mass is 204 g/mol. The first-order valence-corrected chi connectivity index (χ1v) is 5.29. The van der Waals surface area contributed by atoms with Crippen LogP contribution in [0, 0.1) is 0 Å². The molecule has 14 heavy (non-hydrogen) atoms. The third kappa shape index (κ3) is 2.92. The SMILES string of the molecule is CCCCO[C@H]1OCC[C@]1(O)CCO. The number of ether oxygens (including phenoxy) is 2. The third-order valence-corrected chi connectivity index (χ3v) is 2.55. The van der Waals surface area contributed by atoms with Gasteiger partial charge in [-0.2, -0.15) is 0 Å². The van der Waals surface area contributed by atoms with Crippen LogP contribution in [0.4, 0.5) is 0 Å². The lowest BCUT2D eigenvalue weighted by Gasteiger charge is -2.27. The maximum atomic E-state index is 10.0. The van der Waals surface area contributed by atoms with Crippen molar-refractivity contribution in [1.82, 2.24) is 0 Å². The van der Waals surface area contributed by atoms with Crippen LogP contribution >= 0.6 is 0 Å². The second kappa shape index (κ2) is 5.66. The van der Waals surface area contributed by atoms with E-state index in [0.29, 0.717) is 26.1 Å². The molecule has 0 radical (unpaired) electrons. The molecule has 1 aliphatic rings. The van der Waals surface area contributed by atoms with Crippen LogP contribution in [0.1, 0.15) is 32.6 Å². The van der Waals surface area contributed by atoms with E-state index >= 15 is 0 Å². The Kier molecular flexibility index (Phi) is 4.81. The van der Waals surface area contributed by atoms with Crippen LogP contribution in [0.3, 0.4) is 0 Å². The van der Waals surface area contributed by atoms with Crippen molar-refractivity contribution in [2.24, 2.45) is 0 Å². The Bertz CT molecular complexity index is 162. The van der Waals surface area contributed by atoms with Gasteiger partial charge in [-0.25, -0.2) is 0 Å². The molecule has 0 saturated carbocycles. The smallest absolute Gasteiger partial charge is 0.186 e. The molecule has 0 aromatic rings. The van der Waals surface area contributed by atoms with E-state index in [1.807, 2.05) is 0 Å². The standard InChI is InChI=1S/C10H20O4/c1-2-3-7-13-9-10(12,4-6-11)5-8-14-9/h9,11-12H,2-8H2,1H3/t9-,10+/m0/s1. The van der Waals surface area contributed by atoms with Gasteiger partial charge in [-0.1, -0.05) is 13.3 Å². The van der Waals surface area contributed by atoms with Gasteiger partial charge in [0.2, 0.25) is 0 Å². The van der Waals surface area contributed by atoms with Gasteiger partial charge >= 0.3 is 0 Å². The summed E-state index contributed by atoms with van der Waals surface area (Å²) in [5, 5.41) is 18.9. The summed E-state index contributed by atoms with van der Waals surface area (Å²) in [6, 6.07) is 0. The van der Waals surface area contributed by atoms with E-state index in [0.717, 1.165) is 12.8 Å². The maximum absolute atomic E-state index is 10.0. The first-order chi connectivity index (χ1) is 6.73. The minimum absolute atomic E-state index is 0.0342. The van der Waals surface area contributed by atoms with Crippen LogP contribution in [0.5, 0.6) is 0 Å².